The van der Waals surface area contributed by atoms with E-state index in [-0.39, 0.29) is 5.91 Å². The van der Waals surface area contributed by atoms with Crippen LogP contribution < -0.4 is 10.9 Å². The quantitative estimate of drug-likeness (QED) is 0.567. The molecule has 0 aliphatic carbocycles. The molecule has 1 heterocycles. The Labute approximate surface area is 126 Å². The first-order valence-corrected chi connectivity index (χ1v) is 6.70. The standard InChI is InChI=1S/C16H14N4O2/c1-20-9-13(8-18-20)14-4-2-3-11-7-12(5-6-15(11)14)16(22)19-17-10-21/h2-10H,1H3,(H,17,21)(H,19,22). The second-order valence-electron chi connectivity index (χ2n) is 4.86. The number of rotatable bonds is 4. The summed E-state index contributed by atoms with van der Waals surface area (Å²) in [6.45, 7) is 0. The van der Waals surface area contributed by atoms with Gasteiger partial charge in [0.05, 0.1) is 6.20 Å². The summed E-state index contributed by atoms with van der Waals surface area (Å²) in [5.74, 6) is -0.360. The first kappa shape index (κ1) is 13.8. The predicted octanol–water partition coefficient (Wildman–Crippen LogP) is 1.63. The minimum Gasteiger partial charge on any atom is -0.277 e. The van der Waals surface area contributed by atoms with Gasteiger partial charge in [0.2, 0.25) is 6.41 Å². The number of hydrogen-bond donors (Lipinski definition) is 2. The summed E-state index contributed by atoms with van der Waals surface area (Å²) < 4.78 is 1.75. The molecule has 0 atom stereocenters. The molecule has 0 aliphatic heterocycles. The number of benzene rings is 2. The fourth-order valence-corrected chi connectivity index (χ4v) is 2.40. The van der Waals surface area contributed by atoms with Crippen LogP contribution in [0.4, 0.5) is 0 Å². The number of hydrazine groups is 1. The molecule has 0 saturated carbocycles. The van der Waals surface area contributed by atoms with E-state index in [1.165, 1.54) is 0 Å². The molecule has 3 rings (SSSR count). The maximum atomic E-state index is 11.9. The van der Waals surface area contributed by atoms with Crippen molar-refractivity contribution < 1.29 is 9.59 Å². The third-order valence-corrected chi connectivity index (χ3v) is 3.40. The van der Waals surface area contributed by atoms with Gasteiger partial charge in [-0.15, -0.1) is 0 Å². The van der Waals surface area contributed by atoms with Gasteiger partial charge in [-0.25, -0.2) is 0 Å². The summed E-state index contributed by atoms with van der Waals surface area (Å²) in [7, 11) is 1.87. The SMILES string of the molecule is Cn1cc(-c2cccc3cc(C(=O)NNC=O)ccc23)cn1. The normalized spacial score (nSPS) is 10.4. The fourth-order valence-electron chi connectivity index (χ4n) is 2.40. The van der Waals surface area contributed by atoms with Crippen LogP contribution in [0.25, 0.3) is 21.9 Å². The van der Waals surface area contributed by atoms with Gasteiger partial charge in [0.1, 0.15) is 0 Å². The van der Waals surface area contributed by atoms with Crippen molar-refractivity contribution in [3.05, 3.63) is 54.4 Å². The molecule has 6 heteroatoms. The molecule has 6 nitrogen and oxygen atoms in total. The summed E-state index contributed by atoms with van der Waals surface area (Å²) >= 11 is 0. The monoisotopic (exact) mass is 294 g/mol. The van der Waals surface area contributed by atoms with Crippen LogP contribution in [-0.4, -0.2) is 22.1 Å². The van der Waals surface area contributed by atoms with Crippen LogP contribution in [0.2, 0.25) is 0 Å². The lowest BCUT2D eigenvalue weighted by Gasteiger charge is -2.07. The van der Waals surface area contributed by atoms with E-state index in [4.69, 9.17) is 0 Å². The van der Waals surface area contributed by atoms with E-state index in [0.717, 1.165) is 21.9 Å². The third-order valence-electron chi connectivity index (χ3n) is 3.40. The summed E-state index contributed by atoms with van der Waals surface area (Å²) in [6.07, 6.45) is 4.17. The largest absolute Gasteiger partial charge is 0.277 e. The van der Waals surface area contributed by atoms with Gasteiger partial charge in [0.25, 0.3) is 5.91 Å². The highest BCUT2D eigenvalue weighted by atomic mass is 16.2. The van der Waals surface area contributed by atoms with Crippen LogP contribution in [0.3, 0.4) is 0 Å². The number of nitrogens with one attached hydrogen (secondary N) is 2. The third kappa shape index (κ3) is 2.54. The van der Waals surface area contributed by atoms with E-state index >= 15 is 0 Å². The molecule has 0 bridgehead atoms. The van der Waals surface area contributed by atoms with Gasteiger partial charge in [0.15, 0.2) is 0 Å². The van der Waals surface area contributed by atoms with Crippen molar-refractivity contribution in [2.45, 2.75) is 0 Å². The van der Waals surface area contributed by atoms with E-state index in [1.54, 1.807) is 16.8 Å². The minimum atomic E-state index is -0.360. The number of carbonyl (C=O) groups excluding carboxylic acids is 2. The molecule has 2 amide bonds. The fraction of sp³-hybridized carbons (Fsp3) is 0.0625. The Morgan fingerprint density at radius 3 is 2.86 bits per heavy atom. The Bertz CT molecular complexity index is 854. The molecule has 0 spiro atoms. The van der Waals surface area contributed by atoms with Crippen molar-refractivity contribution >= 4 is 23.1 Å². The van der Waals surface area contributed by atoms with Crippen molar-refractivity contribution in [1.82, 2.24) is 20.6 Å². The first-order valence-electron chi connectivity index (χ1n) is 6.70. The zero-order chi connectivity index (χ0) is 15.5. The molecule has 1 aromatic heterocycles. The lowest BCUT2D eigenvalue weighted by molar-refractivity contribution is -0.110. The Balaban J connectivity index is 2.04. The average Bonchev–Trinajstić information content (AvgIpc) is 2.97. The van der Waals surface area contributed by atoms with Crippen molar-refractivity contribution in [1.29, 1.82) is 0 Å². The summed E-state index contributed by atoms with van der Waals surface area (Å²) in [6, 6.07) is 11.3. The lowest BCUT2D eigenvalue weighted by atomic mass is 9.99. The predicted molar refractivity (Wildman–Crippen MR) is 82.8 cm³/mol. The highest BCUT2D eigenvalue weighted by Crippen LogP contribution is 2.28. The smallest absolute Gasteiger partial charge is 0.269 e. The Hall–Kier alpha value is -3.15. The van der Waals surface area contributed by atoms with Gasteiger partial charge < -0.3 is 0 Å². The van der Waals surface area contributed by atoms with Gasteiger partial charge >= 0.3 is 0 Å². The average molecular weight is 294 g/mol. The van der Waals surface area contributed by atoms with Gasteiger partial charge in [-0.2, -0.15) is 5.10 Å². The Kier molecular flexibility index (Phi) is 3.57. The number of fused-ring (bicyclic) bond motifs is 1. The molecular weight excluding hydrogens is 280 g/mol. The minimum absolute atomic E-state index is 0.360. The Morgan fingerprint density at radius 1 is 1.27 bits per heavy atom. The molecule has 0 aliphatic rings. The highest BCUT2D eigenvalue weighted by Gasteiger charge is 2.09. The van der Waals surface area contributed by atoms with Gasteiger partial charge in [0, 0.05) is 24.4 Å². The molecule has 0 fully saturated rings. The maximum Gasteiger partial charge on any atom is 0.269 e. The van der Waals surface area contributed by atoms with Gasteiger partial charge in [-0.1, -0.05) is 24.3 Å². The first-order chi connectivity index (χ1) is 10.7. The van der Waals surface area contributed by atoms with Crippen LogP contribution in [0.5, 0.6) is 0 Å². The molecule has 2 N–H and O–H groups in total. The maximum absolute atomic E-state index is 11.9. The van der Waals surface area contributed by atoms with Crippen molar-refractivity contribution in [2.75, 3.05) is 0 Å². The molecule has 3 aromatic rings. The van der Waals surface area contributed by atoms with E-state index < -0.39 is 0 Å². The number of amides is 2. The van der Waals surface area contributed by atoms with E-state index in [2.05, 4.69) is 16.0 Å². The molecule has 0 unspecified atom stereocenters. The number of aryl methyl sites for hydroxylation is 1. The van der Waals surface area contributed by atoms with Crippen molar-refractivity contribution in [3.8, 4) is 11.1 Å². The van der Waals surface area contributed by atoms with Crippen LogP contribution in [-0.2, 0) is 11.8 Å². The highest BCUT2D eigenvalue weighted by molar-refractivity contribution is 6.02. The topological polar surface area (TPSA) is 76.0 Å². The molecule has 110 valence electrons. The summed E-state index contributed by atoms with van der Waals surface area (Å²) in [5.41, 5.74) is 6.99. The molecule has 2 aromatic carbocycles. The van der Waals surface area contributed by atoms with E-state index in [0.29, 0.717) is 12.0 Å². The lowest BCUT2D eigenvalue weighted by Crippen LogP contribution is -2.36. The molecule has 22 heavy (non-hydrogen) atoms. The zero-order valence-corrected chi connectivity index (χ0v) is 11.9. The van der Waals surface area contributed by atoms with Gasteiger partial charge in [-0.05, 0) is 28.5 Å². The van der Waals surface area contributed by atoms with E-state index in [1.807, 2.05) is 43.7 Å². The molecule has 0 saturated heterocycles. The van der Waals surface area contributed by atoms with Crippen LogP contribution >= 0.6 is 0 Å². The molecule has 0 radical (unpaired) electrons. The van der Waals surface area contributed by atoms with Crippen LogP contribution in [0, 0.1) is 0 Å². The molecular formula is C16H14N4O2. The summed E-state index contributed by atoms with van der Waals surface area (Å²) in [4.78, 5) is 22.1. The second kappa shape index (κ2) is 5.69. The van der Waals surface area contributed by atoms with E-state index in [9.17, 15) is 9.59 Å². The van der Waals surface area contributed by atoms with Gasteiger partial charge in [-0.3, -0.25) is 25.1 Å². The number of nitrogens with zero attached hydrogens (tertiary/aromatic N) is 2. The van der Waals surface area contributed by atoms with Crippen LogP contribution in [0.1, 0.15) is 10.4 Å². The number of carbonyl (C=O) groups is 2. The number of hydrogen-bond acceptors (Lipinski definition) is 3. The van der Waals surface area contributed by atoms with Crippen molar-refractivity contribution in [2.24, 2.45) is 7.05 Å². The zero-order valence-electron chi connectivity index (χ0n) is 11.9. The number of aromatic nitrogens is 2. The van der Waals surface area contributed by atoms with Crippen molar-refractivity contribution in [3.63, 3.8) is 0 Å². The Morgan fingerprint density at radius 2 is 2.14 bits per heavy atom. The van der Waals surface area contributed by atoms with Crippen LogP contribution in [0.15, 0.2) is 48.8 Å². The second-order valence-corrected chi connectivity index (χ2v) is 4.86. The summed E-state index contributed by atoms with van der Waals surface area (Å²) in [5, 5.41) is 6.17.